The van der Waals surface area contributed by atoms with Crippen molar-refractivity contribution < 1.29 is 18.0 Å². The average Bonchev–Trinajstić information content (AvgIpc) is 2.31. The Labute approximate surface area is 113 Å². The lowest BCUT2D eigenvalue weighted by molar-refractivity contribution is -0.137. The van der Waals surface area contributed by atoms with E-state index in [1.165, 1.54) is 6.07 Å². The van der Waals surface area contributed by atoms with Gasteiger partial charge in [0.1, 0.15) is 0 Å². The molecule has 3 N–H and O–H groups in total. The number of hydrogen-bond donors (Lipinski definition) is 2. The van der Waals surface area contributed by atoms with E-state index in [1.807, 2.05) is 6.26 Å². The van der Waals surface area contributed by atoms with Crippen molar-refractivity contribution in [1.29, 1.82) is 0 Å². The minimum absolute atomic E-state index is 0.0898. The molecule has 1 aromatic rings. The lowest BCUT2D eigenvalue weighted by Gasteiger charge is -2.11. The van der Waals surface area contributed by atoms with Crippen LogP contribution >= 0.6 is 11.8 Å². The molecule has 106 valence electrons. The van der Waals surface area contributed by atoms with Gasteiger partial charge in [0.05, 0.1) is 16.9 Å². The molecule has 1 amide bonds. The second-order valence-electron chi connectivity index (χ2n) is 3.94. The first kappa shape index (κ1) is 15.7. The molecule has 0 radical (unpaired) electrons. The van der Waals surface area contributed by atoms with Crippen molar-refractivity contribution in [3.05, 3.63) is 23.8 Å². The number of hydrogen-bond acceptors (Lipinski definition) is 3. The largest absolute Gasteiger partial charge is 0.416 e. The number of amides is 1. The van der Waals surface area contributed by atoms with Crippen LogP contribution < -0.4 is 11.1 Å². The molecule has 0 bridgehead atoms. The number of anilines is 2. The van der Waals surface area contributed by atoms with Crippen LogP contribution in [0.2, 0.25) is 0 Å². The predicted octanol–water partition coefficient (Wildman–Crippen LogP) is 3.37. The van der Waals surface area contributed by atoms with Gasteiger partial charge in [-0.3, -0.25) is 4.79 Å². The molecule has 0 saturated heterocycles. The van der Waals surface area contributed by atoms with E-state index in [9.17, 15) is 18.0 Å². The van der Waals surface area contributed by atoms with Gasteiger partial charge in [0.2, 0.25) is 5.91 Å². The molecule has 0 aliphatic rings. The van der Waals surface area contributed by atoms with Crippen LogP contribution in [0.5, 0.6) is 0 Å². The van der Waals surface area contributed by atoms with E-state index >= 15 is 0 Å². The maximum absolute atomic E-state index is 12.4. The van der Waals surface area contributed by atoms with Crippen molar-refractivity contribution in [2.45, 2.75) is 19.0 Å². The predicted molar refractivity (Wildman–Crippen MR) is 72.1 cm³/mol. The Kier molecular flexibility index (Phi) is 5.53. The molecule has 0 aliphatic carbocycles. The van der Waals surface area contributed by atoms with Gasteiger partial charge in [0, 0.05) is 6.42 Å². The quantitative estimate of drug-likeness (QED) is 0.646. The molecule has 0 aliphatic heterocycles. The normalized spacial score (nSPS) is 11.4. The third-order valence-corrected chi connectivity index (χ3v) is 3.10. The summed E-state index contributed by atoms with van der Waals surface area (Å²) >= 11 is 1.63. The fraction of sp³-hybridized carbons (Fsp3) is 0.417. The number of rotatable bonds is 5. The lowest BCUT2D eigenvalue weighted by atomic mass is 10.1. The summed E-state index contributed by atoms with van der Waals surface area (Å²) in [7, 11) is 0. The Morgan fingerprint density at radius 3 is 2.63 bits per heavy atom. The molecule has 0 atom stereocenters. The second kappa shape index (κ2) is 6.70. The highest BCUT2D eigenvalue weighted by Gasteiger charge is 2.30. The summed E-state index contributed by atoms with van der Waals surface area (Å²) in [5.41, 5.74) is 4.79. The smallest absolute Gasteiger partial charge is 0.397 e. The van der Waals surface area contributed by atoms with Gasteiger partial charge in [0.15, 0.2) is 0 Å². The van der Waals surface area contributed by atoms with E-state index in [0.717, 1.165) is 17.9 Å². The van der Waals surface area contributed by atoms with Crippen molar-refractivity contribution in [2.75, 3.05) is 23.1 Å². The Balaban J connectivity index is 2.67. The molecule has 0 aromatic heterocycles. The highest BCUT2D eigenvalue weighted by molar-refractivity contribution is 7.98. The van der Waals surface area contributed by atoms with Gasteiger partial charge >= 0.3 is 6.18 Å². The Bertz CT molecular complexity index is 449. The van der Waals surface area contributed by atoms with Crippen LogP contribution in [0.4, 0.5) is 24.5 Å². The van der Waals surface area contributed by atoms with Crippen LogP contribution in [-0.2, 0) is 11.0 Å². The molecular formula is C12H15F3N2OS. The van der Waals surface area contributed by atoms with Crippen LogP contribution in [0.1, 0.15) is 18.4 Å². The van der Waals surface area contributed by atoms with Crippen molar-refractivity contribution in [3.63, 3.8) is 0 Å². The number of nitrogen functional groups attached to an aromatic ring is 1. The maximum Gasteiger partial charge on any atom is 0.416 e. The standard InChI is InChI=1S/C12H15F3N2OS/c1-19-6-2-3-11(18)17-10-5-4-8(7-9(10)16)12(13,14)15/h4-5,7H,2-3,6,16H2,1H3,(H,17,18). The number of nitrogens with one attached hydrogen (secondary N) is 1. The Hall–Kier alpha value is -1.37. The van der Waals surface area contributed by atoms with E-state index in [0.29, 0.717) is 12.8 Å². The van der Waals surface area contributed by atoms with Gasteiger partial charge in [-0.15, -0.1) is 0 Å². The summed E-state index contributed by atoms with van der Waals surface area (Å²) in [6.07, 6.45) is -1.46. The third-order valence-electron chi connectivity index (χ3n) is 2.41. The first-order valence-corrected chi connectivity index (χ1v) is 6.99. The zero-order valence-electron chi connectivity index (χ0n) is 10.4. The fourth-order valence-corrected chi connectivity index (χ4v) is 1.88. The fourth-order valence-electron chi connectivity index (χ4n) is 1.44. The number of benzene rings is 1. The SMILES string of the molecule is CSCCCC(=O)Nc1ccc(C(F)(F)F)cc1N. The summed E-state index contributed by atoms with van der Waals surface area (Å²) in [5, 5.41) is 2.51. The zero-order chi connectivity index (χ0) is 14.5. The van der Waals surface area contributed by atoms with Crippen LogP contribution in [0.3, 0.4) is 0 Å². The van der Waals surface area contributed by atoms with Crippen molar-refractivity contribution in [2.24, 2.45) is 0 Å². The number of thioether (sulfide) groups is 1. The molecule has 0 fully saturated rings. The minimum atomic E-state index is -4.44. The summed E-state index contributed by atoms with van der Waals surface area (Å²) in [6.45, 7) is 0. The molecule has 7 heteroatoms. The average molecular weight is 292 g/mol. The van der Waals surface area contributed by atoms with Crippen molar-refractivity contribution in [3.8, 4) is 0 Å². The van der Waals surface area contributed by atoms with Gasteiger partial charge in [-0.2, -0.15) is 24.9 Å². The van der Waals surface area contributed by atoms with E-state index in [1.54, 1.807) is 11.8 Å². The second-order valence-corrected chi connectivity index (χ2v) is 4.93. The van der Waals surface area contributed by atoms with Crippen LogP contribution in [-0.4, -0.2) is 17.9 Å². The highest BCUT2D eigenvalue weighted by atomic mass is 32.2. The first-order chi connectivity index (χ1) is 8.84. The van der Waals surface area contributed by atoms with Crippen molar-refractivity contribution in [1.82, 2.24) is 0 Å². The number of alkyl halides is 3. The third kappa shape index (κ3) is 5.02. The van der Waals surface area contributed by atoms with E-state index < -0.39 is 11.7 Å². The number of carbonyl (C=O) groups is 1. The molecule has 1 aromatic carbocycles. The van der Waals surface area contributed by atoms with Gasteiger partial charge in [-0.1, -0.05) is 0 Å². The molecular weight excluding hydrogens is 277 g/mol. The highest BCUT2D eigenvalue weighted by Crippen LogP contribution is 2.32. The summed E-state index contributed by atoms with van der Waals surface area (Å²) < 4.78 is 37.3. The number of halogens is 3. The van der Waals surface area contributed by atoms with Gasteiger partial charge in [-0.05, 0) is 36.6 Å². The molecule has 0 unspecified atom stereocenters. The Morgan fingerprint density at radius 2 is 2.11 bits per heavy atom. The van der Waals surface area contributed by atoms with Gasteiger partial charge in [-0.25, -0.2) is 0 Å². The van der Waals surface area contributed by atoms with E-state index in [-0.39, 0.29) is 17.3 Å². The van der Waals surface area contributed by atoms with Gasteiger partial charge in [0.25, 0.3) is 0 Å². The summed E-state index contributed by atoms with van der Waals surface area (Å²) in [5.74, 6) is 0.608. The minimum Gasteiger partial charge on any atom is -0.397 e. The van der Waals surface area contributed by atoms with Crippen LogP contribution in [0, 0.1) is 0 Å². The molecule has 0 spiro atoms. The van der Waals surface area contributed by atoms with E-state index in [4.69, 9.17) is 5.73 Å². The number of carbonyl (C=O) groups excluding carboxylic acids is 1. The van der Waals surface area contributed by atoms with Crippen LogP contribution in [0.25, 0.3) is 0 Å². The number of nitrogens with two attached hydrogens (primary N) is 1. The molecule has 1 rings (SSSR count). The van der Waals surface area contributed by atoms with E-state index in [2.05, 4.69) is 5.32 Å². The monoisotopic (exact) mass is 292 g/mol. The Morgan fingerprint density at radius 1 is 1.42 bits per heavy atom. The maximum atomic E-state index is 12.4. The summed E-state index contributed by atoms with van der Waals surface area (Å²) in [4.78, 5) is 11.5. The van der Waals surface area contributed by atoms with Gasteiger partial charge < -0.3 is 11.1 Å². The molecule has 0 heterocycles. The zero-order valence-corrected chi connectivity index (χ0v) is 11.2. The topological polar surface area (TPSA) is 55.1 Å². The van der Waals surface area contributed by atoms with Crippen molar-refractivity contribution >= 4 is 29.0 Å². The lowest BCUT2D eigenvalue weighted by Crippen LogP contribution is -2.14. The molecule has 19 heavy (non-hydrogen) atoms. The van der Waals surface area contributed by atoms with Crippen LogP contribution in [0.15, 0.2) is 18.2 Å². The summed E-state index contributed by atoms with van der Waals surface area (Å²) in [6, 6.07) is 2.88. The molecule has 0 saturated carbocycles. The first-order valence-electron chi connectivity index (χ1n) is 5.60. The molecule has 3 nitrogen and oxygen atoms in total.